The number of carbonyl (C=O) groups is 1. The molecule has 1 unspecified atom stereocenters. The Morgan fingerprint density at radius 3 is 3.05 bits per heavy atom. The summed E-state index contributed by atoms with van der Waals surface area (Å²) < 4.78 is 0. The molecule has 1 amide bonds. The Morgan fingerprint density at radius 2 is 2.45 bits per heavy atom. The smallest absolute Gasteiger partial charge is 0.300 e. The first kappa shape index (κ1) is 14.7. The lowest BCUT2D eigenvalue weighted by molar-refractivity contribution is -0.385. The molecular formula is C12H15ClN4O3. The zero-order chi connectivity index (χ0) is 14.7. The second-order valence-electron chi connectivity index (χ2n) is 4.77. The molecule has 1 aliphatic heterocycles. The molecule has 0 saturated carbocycles. The summed E-state index contributed by atoms with van der Waals surface area (Å²) >= 11 is 5.69. The van der Waals surface area contributed by atoms with Crippen molar-refractivity contribution < 1.29 is 9.72 Å². The summed E-state index contributed by atoms with van der Waals surface area (Å²) in [5.41, 5.74) is -0.401. The van der Waals surface area contributed by atoms with Crippen LogP contribution in [0.2, 0.25) is 5.15 Å². The lowest BCUT2D eigenvalue weighted by Gasteiger charge is -2.19. The molecule has 1 aromatic heterocycles. The Hall–Kier alpha value is -1.73. The van der Waals surface area contributed by atoms with Crippen LogP contribution in [0.4, 0.5) is 5.69 Å². The van der Waals surface area contributed by atoms with Gasteiger partial charge in [-0.1, -0.05) is 11.6 Å². The topological polar surface area (TPSA) is 88.4 Å². The van der Waals surface area contributed by atoms with Gasteiger partial charge in [0.15, 0.2) is 0 Å². The van der Waals surface area contributed by atoms with Crippen LogP contribution in [0.1, 0.15) is 23.2 Å². The normalized spacial score (nSPS) is 19.0. The first-order chi connectivity index (χ1) is 9.49. The number of rotatable bonds is 4. The van der Waals surface area contributed by atoms with Gasteiger partial charge in [0.25, 0.3) is 11.6 Å². The molecule has 1 atom stereocenters. The van der Waals surface area contributed by atoms with E-state index in [0.717, 1.165) is 25.6 Å². The maximum atomic E-state index is 12.1. The molecule has 1 N–H and O–H groups in total. The minimum Gasteiger partial charge on any atom is -0.350 e. The molecular weight excluding hydrogens is 284 g/mol. The van der Waals surface area contributed by atoms with Crippen molar-refractivity contribution in [2.45, 2.75) is 18.9 Å². The number of aromatic nitrogens is 1. The molecule has 1 aromatic rings. The van der Waals surface area contributed by atoms with E-state index in [4.69, 9.17) is 11.6 Å². The van der Waals surface area contributed by atoms with Gasteiger partial charge in [0.1, 0.15) is 16.9 Å². The monoisotopic (exact) mass is 298 g/mol. The number of halogens is 1. The van der Waals surface area contributed by atoms with Crippen LogP contribution in [0.5, 0.6) is 0 Å². The second-order valence-corrected chi connectivity index (χ2v) is 5.16. The van der Waals surface area contributed by atoms with Crippen molar-refractivity contribution in [3.05, 3.63) is 33.1 Å². The first-order valence-corrected chi connectivity index (χ1v) is 6.65. The Balaban J connectivity index is 2.08. The van der Waals surface area contributed by atoms with Crippen LogP contribution >= 0.6 is 11.6 Å². The van der Waals surface area contributed by atoms with Gasteiger partial charge in [0.2, 0.25) is 0 Å². The number of pyridine rings is 1. The average Bonchev–Trinajstić information content (AvgIpc) is 2.81. The lowest BCUT2D eigenvalue weighted by Crippen LogP contribution is -2.38. The van der Waals surface area contributed by atoms with Crippen LogP contribution in [0.3, 0.4) is 0 Å². The van der Waals surface area contributed by atoms with Gasteiger partial charge in [-0.2, -0.15) is 0 Å². The van der Waals surface area contributed by atoms with E-state index in [1.54, 1.807) is 0 Å². The molecule has 0 spiro atoms. The molecule has 7 nitrogen and oxygen atoms in total. The quantitative estimate of drug-likeness (QED) is 0.516. The molecule has 1 saturated heterocycles. The summed E-state index contributed by atoms with van der Waals surface area (Å²) in [6, 6.07) is 1.49. The van der Waals surface area contributed by atoms with Gasteiger partial charge in [-0.15, -0.1) is 0 Å². The summed E-state index contributed by atoms with van der Waals surface area (Å²) in [6.07, 6.45) is 3.10. The fraction of sp³-hybridized carbons (Fsp3) is 0.500. The fourth-order valence-corrected chi connectivity index (χ4v) is 2.45. The van der Waals surface area contributed by atoms with E-state index in [1.807, 2.05) is 7.05 Å². The van der Waals surface area contributed by atoms with Gasteiger partial charge in [-0.25, -0.2) is 4.98 Å². The van der Waals surface area contributed by atoms with Crippen LogP contribution in [-0.4, -0.2) is 46.9 Å². The van der Waals surface area contributed by atoms with Crippen molar-refractivity contribution in [3.8, 4) is 0 Å². The third-order valence-corrected chi connectivity index (χ3v) is 3.67. The summed E-state index contributed by atoms with van der Waals surface area (Å²) in [5, 5.41) is 13.7. The van der Waals surface area contributed by atoms with E-state index in [9.17, 15) is 14.9 Å². The van der Waals surface area contributed by atoms with Gasteiger partial charge in [-0.05, 0) is 32.5 Å². The molecule has 8 heteroatoms. The predicted molar refractivity (Wildman–Crippen MR) is 73.9 cm³/mol. The summed E-state index contributed by atoms with van der Waals surface area (Å²) in [7, 11) is 2.00. The zero-order valence-electron chi connectivity index (χ0n) is 11.0. The molecule has 0 aliphatic carbocycles. The van der Waals surface area contributed by atoms with Crippen LogP contribution in [0.25, 0.3) is 0 Å². The van der Waals surface area contributed by atoms with Gasteiger partial charge in [0, 0.05) is 12.6 Å². The predicted octanol–water partition coefficient (Wildman–Crippen LogP) is 1.47. The maximum Gasteiger partial charge on any atom is 0.300 e. The van der Waals surface area contributed by atoms with Crippen LogP contribution in [0, 0.1) is 10.1 Å². The Labute approximate surface area is 121 Å². The Bertz CT molecular complexity index is 537. The number of nitrogens with one attached hydrogen (secondary N) is 1. The number of hydrogen-bond acceptors (Lipinski definition) is 5. The van der Waals surface area contributed by atoms with E-state index >= 15 is 0 Å². The minimum atomic E-state index is -0.639. The maximum absolute atomic E-state index is 12.1. The SMILES string of the molecule is CN1CCCC1CNC(=O)c1cc(Cl)ncc1[N+](=O)[O-]. The Kier molecular flexibility index (Phi) is 4.51. The fourth-order valence-electron chi connectivity index (χ4n) is 2.29. The molecule has 108 valence electrons. The van der Waals surface area contributed by atoms with E-state index in [-0.39, 0.29) is 22.4 Å². The van der Waals surface area contributed by atoms with E-state index in [2.05, 4.69) is 15.2 Å². The second kappa shape index (κ2) is 6.15. The van der Waals surface area contributed by atoms with Crippen molar-refractivity contribution in [2.75, 3.05) is 20.1 Å². The van der Waals surface area contributed by atoms with Crippen molar-refractivity contribution in [2.24, 2.45) is 0 Å². The largest absolute Gasteiger partial charge is 0.350 e. The molecule has 20 heavy (non-hydrogen) atoms. The molecule has 0 bridgehead atoms. The number of hydrogen-bond donors (Lipinski definition) is 1. The molecule has 0 aromatic carbocycles. The highest BCUT2D eigenvalue weighted by Crippen LogP contribution is 2.20. The number of amides is 1. The van der Waals surface area contributed by atoms with Gasteiger partial charge in [-0.3, -0.25) is 14.9 Å². The van der Waals surface area contributed by atoms with Crippen molar-refractivity contribution in [1.29, 1.82) is 0 Å². The molecule has 1 aliphatic rings. The molecule has 0 radical (unpaired) electrons. The van der Waals surface area contributed by atoms with Crippen molar-refractivity contribution in [3.63, 3.8) is 0 Å². The van der Waals surface area contributed by atoms with Crippen LogP contribution in [-0.2, 0) is 0 Å². The Morgan fingerprint density at radius 1 is 1.70 bits per heavy atom. The van der Waals surface area contributed by atoms with Crippen molar-refractivity contribution in [1.82, 2.24) is 15.2 Å². The summed E-state index contributed by atoms with van der Waals surface area (Å²) in [4.78, 5) is 28.1. The highest BCUT2D eigenvalue weighted by atomic mass is 35.5. The number of likely N-dealkylation sites (N-methyl/N-ethyl adjacent to an activating group) is 1. The van der Waals surface area contributed by atoms with E-state index in [1.165, 1.54) is 6.07 Å². The minimum absolute atomic E-state index is 0.0544. The van der Waals surface area contributed by atoms with Gasteiger partial charge < -0.3 is 10.2 Å². The number of nitro groups is 1. The van der Waals surface area contributed by atoms with Crippen LogP contribution in [0.15, 0.2) is 12.3 Å². The number of carbonyl (C=O) groups excluding carboxylic acids is 1. The highest BCUT2D eigenvalue weighted by molar-refractivity contribution is 6.29. The zero-order valence-corrected chi connectivity index (χ0v) is 11.8. The van der Waals surface area contributed by atoms with Crippen LogP contribution < -0.4 is 5.32 Å². The van der Waals surface area contributed by atoms with Crippen molar-refractivity contribution >= 4 is 23.2 Å². The highest BCUT2D eigenvalue weighted by Gasteiger charge is 2.24. The lowest BCUT2D eigenvalue weighted by atomic mass is 10.2. The van der Waals surface area contributed by atoms with Gasteiger partial charge in [0.05, 0.1) is 4.92 Å². The molecule has 2 heterocycles. The third kappa shape index (κ3) is 3.23. The van der Waals surface area contributed by atoms with Gasteiger partial charge >= 0.3 is 0 Å². The number of likely N-dealkylation sites (tertiary alicyclic amines) is 1. The third-order valence-electron chi connectivity index (χ3n) is 3.46. The summed E-state index contributed by atoms with van der Waals surface area (Å²) in [5.74, 6) is -0.499. The summed E-state index contributed by atoms with van der Waals surface area (Å²) in [6.45, 7) is 1.47. The molecule has 2 rings (SSSR count). The average molecular weight is 299 g/mol. The first-order valence-electron chi connectivity index (χ1n) is 6.27. The standard InChI is InChI=1S/C12H15ClN4O3/c1-16-4-2-3-8(16)6-15-12(18)9-5-11(13)14-7-10(9)17(19)20/h5,7-8H,2-4,6H2,1H3,(H,15,18). The molecule has 1 fully saturated rings. The van der Waals surface area contributed by atoms with E-state index < -0.39 is 10.8 Å². The number of nitrogens with zero attached hydrogens (tertiary/aromatic N) is 3. The van der Waals surface area contributed by atoms with E-state index in [0.29, 0.717) is 6.54 Å².